The highest BCUT2D eigenvalue weighted by Crippen LogP contribution is 2.46. The highest BCUT2D eigenvalue weighted by atomic mass is 32.2. The van der Waals surface area contributed by atoms with Crippen LogP contribution < -0.4 is 5.32 Å². The molecule has 0 spiro atoms. The standard InChI is InChI=1S/C38H74N3O14PS3/c1-11-37(4,34(44)52-23-21-41(9,10)19-14-28-59(48,49)50)30-38(5,35(45)51-22-18-39-32(42)16-13-12-15-31(58)17-27-57)29-36(2,3)33(43)53-25-26-55-56(46,47)54-24-20-40(6,7)8/h31H,11-30H2,1-10H3,(H3-2,39,42,46,47,48,49,50,57,58)/p+2. The number of esters is 3. The van der Waals surface area contributed by atoms with E-state index in [9.17, 15) is 37.1 Å². The minimum Gasteiger partial charge on any atom is -0.463 e. The molecule has 17 nitrogen and oxygen atoms in total. The van der Waals surface area contributed by atoms with E-state index in [1.165, 1.54) is 0 Å². The Bertz CT molecular complexity index is 1480. The monoisotopic (exact) mass is 925 g/mol. The van der Waals surface area contributed by atoms with Gasteiger partial charge < -0.3 is 33.4 Å². The number of amides is 1. The average molecular weight is 926 g/mol. The molecule has 0 aliphatic heterocycles. The predicted octanol–water partition coefficient (Wildman–Crippen LogP) is 4.33. The maximum absolute atomic E-state index is 14.0. The lowest BCUT2D eigenvalue weighted by atomic mass is 9.65. The first-order chi connectivity index (χ1) is 26.9. The highest BCUT2D eigenvalue weighted by molar-refractivity contribution is 7.85. The molecule has 0 aliphatic carbocycles. The first-order valence-corrected chi connectivity index (χ1v) is 24.4. The van der Waals surface area contributed by atoms with Gasteiger partial charge in [0.05, 0.1) is 76.9 Å². The van der Waals surface area contributed by atoms with Crippen molar-refractivity contribution in [2.75, 3.05) is 106 Å². The Labute approximate surface area is 364 Å². The third kappa shape index (κ3) is 26.6. The zero-order chi connectivity index (χ0) is 45.8. The van der Waals surface area contributed by atoms with Crippen molar-refractivity contribution in [3.05, 3.63) is 0 Å². The molecule has 0 heterocycles. The summed E-state index contributed by atoms with van der Waals surface area (Å²) in [5.41, 5.74) is -3.99. The summed E-state index contributed by atoms with van der Waals surface area (Å²) >= 11 is 8.73. The summed E-state index contributed by atoms with van der Waals surface area (Å²) in [6.07, 6.45) is 3.87. The Hall–Kier alpha value is -1.48. The Balaban J connectivity index is 5.80. The van der Waals surface area contributed by atoms with Gasteiger partial charge in [0.1, 0.15) is 39.5 Å². The van der Waals surface area contributed by atoms with Crippen LogP contribution in [0.2, 0.25) is 0 Å². The van der Waals surface area contributed by atoms with Crippen molar-refractivity contribution in [2.24, 2.45) is 16.2 Å². The van der Waals surface area contributed by atoms with Crippen molar-refractivity contribution in [3.63, 3.8) is 0 Å². The van der Waals surface area contributed by atoms with E-state index in [1.54, 1.807) is 34.6 Å². The lowest BCUT2D eigenvalue weighted by Crippen LogP contribution is -2.46. The molecular formula is C38H76N3O14PS3+2. The second-order valence-electron chi connectivity index (χ2n) is 18.1. The van der Waals surface area contributed by atoms with Gasteiger partial charge in [0.25, 0.3) is 10.1 Å². The van der Waals surface area contributed by atoms with Gasteiger partial charge >= 0.3 is 25.7 Å². The smallest absolute Gasteiger partial charge is 0.463 e. The summed E-state index contributed by atoms with van der Waals surface area (Å²) in [6.45, 7) is 8.48. The zero-order valence-electron chi connectivity index (χ0n) is 37.2. The van der Waals surface area contributed by atoms with Crippen molar-refractivity contribution in [2.45, 2.75) is 97.7 Å². The molecule has 0 saturated heterocycles. The van der Waals surface area contributed by atoms with Crippen LogP contribution in [-0.2, 0) is 57.1 Å². The maximum atomic E-state index is 14.0. The van der Waals surface area contributed by atoms with Gasteiger partial charge in [-0.3, -0.25) is 32.8 Å². The molecule has 0 saturated carbocycles. The zero-order valence-corrected chi connectivity index (χ0v) is 40.7. The van der Waals surface area contributed by atoms with Crippen LogP contribution in [0.5, 0.6) is 0 Å². The van der Waals surface area contributed by atoms with Gasteiger partial charge in [-0.25, -0.2) is 4.57 Å². The van der Waals surface area contributed by atoms with Crippen molar-refractivity contribution < 1.29 is 73.8 Å². The van der Waals surface area contributed by atoms with Gasteiger partial charge in [0.15, 0.2) is 0 Å². The molecule has 0 aliphatic rings. The van der Waals surface area contributed by atoms with Crippen molar-refractivity contribution in [1.29, 1.82) is 0 Å². The van der Waals surface area contributed by atoms with Crippen molar-refractivity contribution >= 4 is 67.0 Å². The van der Waals surface area contributed by atoms with E-state index in [2.05, 4.69) is 30.6 Å². The summed E-state index contributed by atoms with van der Waals surface area (Å²) < 4.78 is 71.2. The molecule has 1 amide bonds. The number of unbranched alkanes of at least 4 members (excludes halogenated alkanes) is 1. The maximum Gasteiger partial charge on any atom is 0.472 e. The van der Waals surface area contributed by atoms with Gasteiger partial charge in [-0.05, 0) is 72.0 Å². The van der Waals surface area contributed by atoms with E-state index < -0.39 is 58.7 Å². The van der Waals surface area contributed by atoms with E-state index in [0.29, 0.717) is 41.4 Å². The number of carbonyl (C=O) groups is 4. The lowest BCUT2D eigenvalue weighted by molar-refractivity contribution is -0.890. The molecule has 4 unspecified atom stereocenters. The third-order valence-corrected chi connectivity index (χ3v) is 12.5. The quantitative estimate of drug-likeness (QED) is 0.0118. The number of quaternary nitrogens is 2. The van der Waals surface area contributed by atoms with Crippen LogP contribution in [-0.4, -0.2) is 162 Å². The normalized spacial score (nSPS) is 16.2. The van der Waals surface area contributed by atoms with Crippen LogP contribution in [0, 0.1) is 16.2 Å². The molecule has 0 aromatic carbocycles. The van der Waals surface area contributed by atoms with Gasteiger partial charge in [0, 0.05) is 18.1 Å². The molecule has 0 bridgehead atoms. The summed E-state index contributed by atoms with van der Waals surface area (Å²) in [6, 6.07) is 0. The fourth-order valence-electron chi connectivity index (χ4n) is 6.31. The van der Waals surface area contributed by atoms with Gasteiger partial charge in [-0.2, -0.15) is 33.7 Å². The van der Waals surface area contributed by atoms with E-state index in [-0.39, 0.29) is 75.6 Å². The summed E-state index contributed by atoms with van der Waals surface area (Å²) in [5.74, 6) is -1.82. The van der Waals surface area contributed by atoms with Crippen LogP contribution in [0.25, 0.3) is 0 Å². The minimum atomic E-state index is -4.39. The molecule has 0 fully saturated rings. The molecule has 0 aromatic rings. The first kappa shape index (κ1) is 57.5. The number of nitrogens with one attached hydrogen (secondary N) is 1. The number of phosphoric ester groups is 1. The molecular weight excluding hydrogens is 850 g/mol. The third-order valence-electron chi connectivity index (χ3n) is 9.92. The fraction of sp³-hybridized carbons (Fsp3) is 0.895. The Kier molecular flexibility index (Phi) is 25.6. The van der Waals surface area contributed by atoms with Crippen LogP contribution in [0.4, 0.5) is 0 Å². The Morgan fingerprint density at radius 3 is 1.92 bits per heavy atom. The van der Waals surface area contributed by atoms with Gasteiger partial charge in [-0.15, -0.1) is 0 Å². The Morgan fingerprint density at radius 2 is 1.34 bits per heavy atom. The van der Waals surface area contributed by atoms with E-state index in [1.807, 2.05) is 35.2 Å². The molecule has 21 heteroatoms. The van der Waals surface area contributed by atoms with Crippen molar-refractivity contribution in [3.8, 4) is 0 Å². The van der Waals surface area contributed by atoms with Crippen LogP contribution in [0.1, 0.15) is 92.4 Å². The molecule has 3 N–H and O–H groups in total. The summed E-state index contributed by atoms with van der Waals surface area (Å²) in [4.78, 5) is 63.5. The second-order valence-corrected chi connectivity index (χ2v) is 22.3. The second kappa shape index (κ2) is 26.2. The number of nitrogens with zero attached hydrogens (tertiary/aromatic N) is 2. The molecule has 348 valence electrons. The van der Waals surface area contributed by atoms with E-state index in [0.717, 1.165) is 25.0 Å². The van der Waals surface area contributed by atoms with Gasteiger partial charge in [-0.1, -0.05) is 13.3 Å². The molecule has 0 rings (SSSR count). The summed E-state index contributed by atoms with van der Waals surface area (Å²) in [7, 11) is 0.875. The van der Waals surface area contributed by atoms with Crippen molar-refractivity contribution in [1.82, 2.24) is 5.32 Å². The Morgan fingerprint density at radius 1 is 0.763 bits per heavy atom. The topological polar surface area (TPSA) is 218 Å². The molecule has 0 radical (unpaired) electrons. The lowest BCUT2D eigenvalue weighted by Gasteiger charge is -2.39. The van der Waals surface area contributed by atoms with Crippen LogP contribution in [0.3, 0.4) is 0 Å². The number of likely N-dealkylation sites (N-methyl/N-ethyl adjacent to an activating group) is 2. The van der Waals surface area contributed by atoms with Crippen LogP contribution in [0.15, 0.2) is 0 Å². The number of hydrogen-bond donors (Lipinski definition) is 5. The first-order valence-electron chi connectivity index (χ1n) is 20.2. The highest BCUT2D eigenvalue weighted by Gasteiger charge is 2.50. The van der Waals surface area contributed by atoms with E-state index in [4.69, 9.17) is 27.8 Å². The largest absolute Gasteiger partial charge is 0.472 e. The SMILES string of the molecule is CCC(C)(CC(C)(CC(C)(C)C(=O)OCCOP(=O)(O)OCC[N+](C)(C)C)C(=O)OCCNC(=O)CCCCC(S)CCS)C(=O)OCC[N+](C)(C)CCCS(=O)(=O)O. The predicted molar refractivity (Wildman–Crippen MR) is 233 cm³/mol. The average Bonchev–Trinajstić information content (AvgIpc) is 3.08. The fourth-order valence-corrected chi connectivity index (χ4v) is 8.32. The number of hydrogen-bond acceptors (Lipinski definition) is 14. The van der Waals surface area contributed by atoms with E-state index >= 15 is 0 Å². The number of rotatable bonds is 33. The number of phosphoric acid groups is 1. The molecule has 0 aromatic heterocycles. The molecule has 59 heavy (non-hydrogen) atoms. The van der Waals surface area contributed by atoms with Gasteiger partial charge in [0.2, 0.25) is 5.91 Å². The minimum absolute atomic E-state index is 0.000549. The van der Waals surface area contributed by atoms with Crippen LogP contribution >= 0.6 is 33.1 Å². The number of thiol groups is 2. The molecule has 4 atom stereocenters. The number of carbonyl (C=O) groups excluding carboxylic acids is 4. The number of ether oxygens (including phenoxy) is 3. The summed E-state index contributed by atoms with van der Waals surface area (Å²) in [5, 5.41) is 3.00.